The fourth-order valence-electron chi connectivity index (χ4n) is 1.26. The number of rotatable bonds is 5. The highest BCUT2D eigenvalue weighted by Crippen LogP contribution is 2.07. The average Bonchev–Trinajstić information content (AvgIpc) is 2.78. The van der Waals surface area contributed by atoms with Gasteiger partial charge in [-0.2, -0.15) is 11.3 Å². The number of aliphatic imine (C=N–C) groups is 1. The third-order valence-corrected chi connectivity index (χ3v) is 3.44. The van der Waals surface area contributed by atoms with E-state index in [4.69, 9.17) is 0 Å². The van der Waals surface area contributed by atoms with E-state index in [2.05, 4.69) is 60.1 Å². The molecule has 0 aliphatic rings. The number of halogens is 1. The highest BCUT2D eigenvalue weighted by molar-refractivity contribution is 14.0. The van der Waals surface area contributed by atoms with E-state index in [1.54, 1.807) is 11.3 Å². The molecule has 0 aliphatic carbocycles. The molecule has 0 saturated heterocycles. The van der Waals surface area contributed by atoms with Crippen molar-refractivity contribution in [2.24, 2.45) is 10.9 Å². The van der Waals surface area contributed by atoms with Gasteiger partial charge >= 0.3 is 0 Å². The van der Waals surface area contributed by atoms with E-state index >= 15 is 0 Å². The second-order valence-corrected chi connectivity index (χ2v) is 5.28. The first-order valence-corrected chi connectivity index (χ1v) is 7.13. The molecule has 0 fully saturated rings. The summed E-state index contributed by atoms with van der Waals surface area (Å²) in [6, 6.07) is 2.54. The van der Waals surface area contributed by atoms with Gasteiger partial charge in [-0.05, 0) is 42.2 Å². The van der Waals surface area contributed by atoms with Crippen molar-refractivity contribution in [2.75, 3.05) is 6.54 Å². The summed E-state index contributed by atoms with van der Waals surface area (Å²) in [5.41, 5.74) is 1.27. The average molecular weight is 381 g/mol. The van der Waals surface area contributed by atoms with Crippen molar-refractivity contribution in [1.29, 1.82) is 0 Å². The molecule has 18 heavy (non-hydrogen) atoms. The predicted molar refractivity (Wildman–Crippen MR) is 92.0 cm³/mol. The van der Waals surface area contributed by atoms with Gasteiger partial charge in [-0.15, -0.1) is 24.0 Å². The molecule has 2 N–H and O–H groups in total. The monoisotopic (exact) mass is 381 g/mol. The third kappa shape index (κ3) is 6.58. The van der Waals surface area contributed by atoms with Crippen LogP contribution in [0.1, 0.15) is 33.3 Å². The number of guanidine groups is 1. The van der Waals surface area contributed by atoms with Gasteiger partial charge in [0.1, 0.15) is 0 Å². The van der Waals surface area contributed by atoms with Gasteiger partial charge in [0.05, 0.1) is 6.54 Å². The van der Waals surface area contributed by atoms with Crippen LogP contribution in [-0.4, -0.2) is 18.5 Å². The van der Waals surface area contributed by atoms with Crippen LogP contribution >= 0.6 is 35.3 Å². The topological polar surface area (TPSA) is 36.4 Å². The Morgan fingerprint density at radius 3 is 2.61 bits per heavy atom. The molecule has 104 valence electrons. The molecule has 0 aromatic carbocycles. The first-order chi connectivity index (χ1) is 8.13. The Hall–Kier alpha value is -0.300. The summed E-state index contributed by atoms with van der Waals surface area (Å²) in [7, 11) is 0. The first-order valence-electron chi connectivity index (χ1n) is 6.19. The molecule has 0 spiro atoms. The normalized spacial score (nSPS) is 13.1. The number of nitrogens with one attached hydrogen (secondary N) is 2. The van der Waals surface area contributed by atoms with Gasteiger partial charge in [-0.1, -0.05) is 13.8 Å². The van der Waals surface area contributed by atoms with Gasteiger partial charge in [0.25, 0.3) is 0 Å². The van der Waals surface area contributed by atoms with Gasteiger partial charge in [0.15, 0.2) is 5.96 Å². The molecule has 1 unspecified atom stereocenters. The van der Waals surface area contributed by atoms with E-state index in [0.717, 1.165) is 19.0 Å². The fourth-order valence-corrected chi connectivity index (χ4v) is 1.92. The van der Waals surface area contributed by atoms with E-state index in [-0.39, 0.29) is 24.0 Å². The van der Waals surface area contributed by atoms with E-state index in [9.17, 15) is 0 Å². The summed E-state index contributed by atoms with van der Waals surface area (Å²) in [6.45, 7) is 10.3. The maximum atomic E-state index is 4.58. The molecule has 1 aromatic rings. The van der Waals surface area contributed by atoms with Gasteiger partial charge in [0.2, 0.25) is 0 Å². The minimum Gasteiger partial charge on any atom is -0.357 e. The van der Waals surface area contributed by atoms with E-state index < -0.39 is 0 Å². The third-order valence-electron chi connectivity index (χ3n) is 2.71. The van der Waals surface area contributed by atoms with E-state index in [1.165, 1.54) is 5.56 Å². The number of thiophene rings is 1. The zero-order valence-corrected chi connectivity index (χ0v) is 14.7. The Bertz CT molecular complexity index is 336. The largest absolute Gasteiger partial charge is 0.357 e. The van der Waals surface area contributed by atoms with E-state index in [0.29, 0.717) is 12.0 Å². The molecule has 1 aromatic heterocycles. The van der Waals surface area contributed by atoms with Crippen molar-refractivity contribution in [1.82, 2.24) is 10.6 Å². The van der Waals surface area contributed by atoms with Crippen molar-refractivity contribution in [3.05, 3.63) is 22.4 Å². The van der Waals surface area contributed by atoms with Crippen LogP contribution in [-0.2, 0) is 6.54 Å². The van der Waals surface area contributed by atoms with Crippen LogP contribution in [0.5, 0.6) is 0 Å². The van der Waals surface area contributed by atoms with Gasteiger partial charge in [0, 0.05) is 12.6 Å². The molecular formula is C13H24IN3S. The Labute approximate surface area is 131 Å². The SMILES string of the molecule is CCNC(=NCc1ccsc1)NC(C)C(C)C.I. The molecule has 0 radical (unpaired) electrons. The van der Waals surface area contributed by atoms with Gasteiger partial charge < -0.3 is 10.6 Å². The smallest absolute Gasteiger partial charge is 0.191 e. The Kier molecular flexibility index (Phi) is 9.45. The van der Waals surface area contributed by atoms with Crippen LogP contribution in [0.4, 0.5) is 0 Å². The van der Waals surface area contributed by atoms with Crippen LogP contribution in [0.25, 0.3) is 0 Å². The zero-order valence-electron chi connectivity index (χ0n) is 11.6. The Balaban J connectivity index is 0.00000289. The second kappa shape index (κ2) is 9.61. The van der Waals surface area contributed by atoms with Crippen LogP contribution < -0.4 is 10.6 Å². The first kappa shape index (κ1) is 17.7. The van der Waals surface area contributed by atoms with Gasteiger partial charge in [-0.25, -0.2) is 4.99 Å². The Morgan fingerprint density at radius 1 is 1.39 bits per heavy atom. The van der Waals surface area contributed by atoms with Crippen LogP contribution in [0.3, 0.4) is 0 Å². The van der Waals surface area contributed by atoms with Crippen LogP contribution in [0.15, 0.2) is 21.8 Å². The minimum absolute atomic E-state index is 0. The van der Waals surface area contributed by atoms with Crippen molar-refractivity contribution in [3.8, 4) is 0 Å². The van der Waals surface area contributed by atoms with Crippen LogP contribution in [0.2, 0.25) is 0 Å². The van der Waals surface area contributed by atoms with Crippen molar-refractivity contribution < 1.29 is 0 Å². The predicted octanol–water partition coefficient (Wildman–Crippen LogP) is 3.47. The maximum Gasteiger partial charge on any atom is 0.191 e. The van der Waals surface area contributed by atoms with Crippen molar-refractivity contribution in [3.63, 3.8) is 0 Å². The maximum absolute atomic E-state index is 4.58. The lowest BCUT2D eigenvalue weighted by Gasteiger charge is -2.20. The van der Waals surface area contributed by atoms with Crippen LogP contribution in [0, 0.1) is 5.92 Å². The minimum atomic E-state index is 0. The van der Waals surface area contributed by atoms with Crippen molar-refractivity contribution >= 4 is 41.3 Å². The second-order valence-electron chi connectivity index (χ2n) is 4.50. The highest BCUT2D eigenvalue weighted by Gasteiger charge is 2.08. The molecular weight excluding hydrogens is 357 g/mol. The molecule has 0 bridgehead atoms. The number of nitrogens with zero attached hydrogens (tertiary/aromatic N) is 1. The lowest BCUT2D eigenvalue weighted by molar-refractivity contribution is 0.481. The molecule has 1 heterocycles. The molecule has 5 heteroatoms. The standard InChI is InChI=1S/C13H23N3S.HI/c1-5-14-13(16-11(4)10(2)3)15-8-12-6-7-17-9-12;/h6-7,9-11H,5,8H2,1-4H3,(H2,14,15,16);1H. The molecule has 3 nitrogen and oxygen atoms in total. The summed E-state index contributed by atoms with van der Waals surface area (Å²) in [5, 5.41) is 10.9. The number of hydrogen-bond donors (Lipinski definition) is 2. The summed E-state index contributed by atoms with van der Waals surface area (Å²) in [6.07, 6.45) is 0. The summed E-state index contributed by atoms with van der Waals surface area (Å²) >= 11 is 1.71. The molecule has 1 atom stereocenters. The molecule has 0 aliphatic heterocycles. The quantitative estimate of drug-likeness (QED) is 0.466. The molecule has 0 saturated carbocycles. The van der Waals surface area contributed by atoms with Gasteiger partial charge in [-0.3, -0.25) is 0 Å². The number of hydrogen-bond acceptors (Lipinski definition) is 2. The van der Waals surface area contributed by atoms with E-state index in [1.807, 2.05) is 0 Å². The molecule has 1 rings (SSSR count). The zero-order chi connectivity index (χ0) is 12.7. The molecule has 0 amide bonds. The lowest BCUT2D eigenvalue weighted by atomic mass is 10.1. The Morgan fingerprint density at radius 2 is 2.11 bits per heavy atom. The summed E-state index contributed by atoms with van der Waals surface area (Å²) in [5.74, 6) is 1.50. The summed E-state index contributed by atoms with van der Waals surface area (Å²) < 4.78 is 0. The fraction of sp³-hybridized carbons (Fsp3) is 0.615. The summed E-state index contributed by atoms with van der Waals surface area (Å²) in [4.78, 5) is 4.58. The lowest BCUT2D eigenvalue weighted by Crippen LogP contribution is -2.44. The highest BCUT2D eigenvalue weighted by atomic mass is 127. The van der Waals surface area contributed by atoms with Crippen molar-refractivity contribution in [2.45, 2.75) is 40.3 Å².